The van der Waals surface area contributed by atoms with E-state index in [1.165, 1.54) is 6.07 Å². The zero-order chi connectivity index (χ0) is 17.8. The first-order chi connectivity index (χ1) is 11.9. The summed E-state index contributed by atoms with van der Waals surface area (Å²) < 4.78 is 40.8. The molecule has 0 atom stereocenters. The third-order valence-corrected chi connectivity index (χ3v) is 4.89. The van der Waals surface area contributed by atoms with E-state index >= 15 is 0 Å². The maximum atomic E-state index is 13.1. The Bertz CT molecular complexity index is 1030. The zero-order valence-corrected chi connectivity index (χ0v) is 13.6. The number of hydrogen-bond donors (Lipinski definition) is 0. The lowest BCUT2D eigenvalue weighted by Gasteiger charge is -2.18. The van der Waals surface area contributed by atoms with Crippen molar-refractivity contribution in [3.63, 3.8) is 0 Å². The molecule has 3 aromatic rings. The summed E-state index contributed by atoms with van der Waals surface area (Å²) in [6.45, 7) is 1.74. The van der Waals surface area contributed by atoms with Crippen molar-refractivity contribution >= 4 is 21.8 Å². The molecule has 4 rings (SSSR count). The molecule has 0 spiro atoms. The molecule has 2 heterocycles. The SMILES string of the molecule is Cc1ncc2c3ccc(C(F)(F)F)cc3c(=O)n(C3CCCC3)c2n1. The second-order valence-electron chi connectivity index (χ2n) is 6.53. The number of hydrogen-bond acceptors (Lipinski definition) is 3. The van der Waals surface area contributed by atoms with Gasteiger partial charge in [0.2, 0.25) is 0 Å². The summed E-state index contributed by atoms with van der Waals surface area (Å²) in [6, 6.07) is 3.27. The highest BCUT2D eigenvalue weighted by molar-refractivity contribution is 6.04. The molecule has 2 aromatic heterocycles. The summed E-state index contributed by atoms with van der Waals surface area (Å²) in [5.41, 5.74) is -0.710. The van der Waals surface area contributed by atoms with Crippen LogP contribution >= 0.6 is 0 Å². The number of benzene rings is 1. The van der Waals surface area contributed by atoms with Crippen molar-refractivity contribution in [3.05, 3.63) is 46.1 Å². The predicted molar refractivity (Wildman–Crippen MR) is 88.5 cm³/mol. The van der Waals surface area contributed by atoms with Gasteiger partial charge in [0.05, 0.1) is 5.56 Å². The molecular formula is C18H16F3N3O. The average Bonchev–Trinajstić information content (AvgIpc) is 3.08. The number of halogens is 3. The minimum atomic E-state index is -4.49. The fourth-order valence-corrected chi connectivity index (χ4v) is 3.69. The number of aryl methyl sites for hydroxylation is 1. The van der Waals surface area contributed by atoms with Gasteiger partial charge in [-0.05, 0) is 37.3 Å². The fourth-order valence-electron chi connectivity index (χ4n) is 3.69. The van der Waals surface area contributed by atoms with Crippen molar-refractivity contribution in [2.24, 2.45) is 0 Å². The Kier molecular flexibility index (Phi) is 3.56. The second kappa shape index (κ2) is 5.54. The third kappa shape index (κ3) is 2.58. The van der Waals surface area contributed by atoms with E-state index in [9.17, 15) is 18.0 Å². The van der Waals surface area contributed by atoms with Gasteiger partial charge >= 0.3 is 6.18 Å². The smallest absolute Gasteiger partial charge is 0.289 e. The number of fused-ring (bicyclic) bond motifs is 3. The summed E-state index contributed by atoms with van der Waals surface area (Å²) in [7, 11) is 0. The maximum Gasteiger partial charge on any atom is 0.416 e. The molecule has 0 N–H and O–H groups in total. The van der Waals surface area contributed by atoms with Gasteiger partial charge in [-0.25, -0.2) is 9.97 Å². The van der Waals surface area contributed by atoms with E-state index in [1.807, 2.05) is 0 Å². The minimum absolute atomic E-state index is 0.0248. The molecule has 1 aromatic carbocycles. The third-order valence-electron chi connectivity index (χ3n) is 4.89. The van der Waals surface area contributed by atoms with E-state index in [1.54, 1.807) is 17.7 Å². The molecular weight excluding hydrogens is 331 g/mol. The summed E-state index contributed by atoms with van der Waals surface area (Å²) in [4.78, 5) is 21.7. The number of nitrogens with zero attached hydrogens (tertiary/aromatic N) is 3. The standard InChI is InChI=1S/C18H16F3N3O/c1-10-22-9-15-13-7-6-11(18(19,20)21)8-14(13)17(25)24(16(15)23-10)12-4-2-3-5-12/h6-9,12H,2-5H2,1H3. The quantitative estimate of drug-likeness (QED) is 0.614. The van der Waals surface area contributed by atoms with Gasteiger partial charge in [-0.3, -0.25) is 9.36 Å². The second-order valence-corrected chi connectivity index (χ2v) is 6.53. The first kappa shape index (κ1) is 16.1. The predicted octanol–water partition coefficient (Wildman–Crippen LogP) is 4.39. The van der Waals surface area contributed by atoms with Crippen LogP contribution in [0.1, 0.15) is 43.1 Å². The van der Waals surface area contributed by atoms with Crippen LogP contribution in [0.2, 0.25) is 0 Å². The van der Waals surface area contributed by atoms with E-state index in [-0.39, 0.29) is 11.4 Å². The molecule has 130 valence electrons. The lowest BCUT2D eigenvalue weighted by atomic mass is 10.0. The van der Waals surface area contributed by atoms with Crippen LogP contribution in [0.3, 0.4) is 0 Å². The van der Waals surface area contributed by atoms with Gasteiger partial charge in [-0.1, -0.05) is 18.9 Å². The summed E-state index contributed by atoms with van der Waals surface area (Å²) in [5, 5.41) is 1.14. The Morgan fingerprint density at radius 3 is 2.52 bits per heavy atom. The summed E-state index contributed by atoms with van der Waals surface area (Å²) in [6.07, 6.45) is 0.785. The highest BCUT2D eigenvalue weighted by Gasteiger charge is 2.31. The Morgan fingerprint density at radius 1 is 1.12 bits per heavy atom. The van der Waals surface area contributed by atoms with Gasteiger partial charge in [0.15, 0.2) is 0 Å². The number of aromatic nitrogens is 3. The summed E-state index contributed by atoms with van der Waals surface area (Å²) >= 11 is 0. The number of pyridine rings is 1. The van der Waals surface area contributed by atoms with Crippen LogP contribution in [0.4, 0.5) is 13.2 Å². The monoisotopic (exact) mass is 347 g/mol. The van der Waals surface area contributed by atoms with Crippen LogP contribution in [-0.2, 0) is 6.18 Å². The molecule has 7 heteroatoms. The van der Waals surface area contributed by atoms with E-state index in [2.05, 4.69) is 9.97 Å². The van der Waals surface area contributed by atoms with Gasteiger partial charge < -0.3 is 0 Å². The van der Waals surface area contributed by atoms with Crippen molar-refractivity contribution in [2.75, 3.05) is 0 Å². The van der Waals surface area contributed by atoms with Gasteiger partial charge in [-0.15, -0.1) is 0 Å². The zero-order valence-electron chi connectivity index (χ0n) is 13.6. The largest absolute Gasteiger partial charge is 0.416 e. The van der Waals surface area contributed by atoms with E-state index in [4.69, 9.17) is 0 Å². The minimum Gasteiger partial charge on any atom is -0.289 e. The van der Waals surface area contributed by atoms with Crippen LogP contribution in [-0.4, -0.2) is 14.5 Å². The maximum absolute atomic E-state index is 13.1. The van der Waals surface area contributed by atoms with Crippen LogP contribution in [0.5, 0.6) is 0 Å². The van der Waals surface area contributed by atoms with Crippen molar-refractivity contribution in [1.29, 1.82) is 0 Å². The van der Waals surface area contributed by atoms with Crippen LogP contribution in [0.15, 0.2) is 29.2 Å². The lowest BCUT2D eigenvalue weighted by Crippen LogP contribution is -2.25. The lowest BCUT2D eigenvalue weighted by molar-refractivity contribution is -0.137. The molecule has 0 saturated heterocycles. The van der Waals surface area contributed by atoms with Gasteiger partial charge in [-0.2, -0.15) is 13.2 Å². The highest BCUT2D eigenvalue weighted by atomic mass is 19.4. The van der Waals surface area contributed by atoms with Crippen molar-refractivity contribution in [3.8, 4) is 0 Å². The molecule has 0 aliphatic heterocycles. The number of rotatable bonds is 1. The molecule has 0 radical (unpaired) electrons. The topological polar surface area (TPSA) is 47.8 Å². The molecule has 1 aliphatic rings. The molecule has 25 heavy (non-hydrogen) atoms. The first-order valence-corrected chi connectivity index (χ1v) is 8.25. The Morgan fingerprint density at radius 2 is 1.84 bits per heavy atom. The molecule has 0 amide bonds. The van der Waals surface area contributed by atoms with E-state index < -0.39 is 17.3 Å². The Labute approximate surface area is 141 Å². The van der Waals surface area contributed by atoms with E-state index in [0.29, 0.717) is 22.2 Å². The molecule has 0 bridgehead atoms. The van der Waals surface area contributed by atoms with Crippen LogP contribution in [0.25, 0.3) is 21.8 Å². The molecule has 1 fully saturated rings. The Balaban J connectivity index is 2.13. The molecule has 1 saturated carbocycles. The number of alkyl halides is 3. The van der Waals surface area contributed by atoms with Crippen molar-refractivity contribution < 1.29 is 13.2 Å². The normalized spacial score (nSPS) is 16.2. The van der Waals surface area contributed by atoms with Gasteiger partial charge in [0.25, 0.3) is 5.56 Å². The fraction of sp³-hybridized carbons (Fsp3) is 0.389. The van der Waals surface area contributed by atoms with E-state index in [0.717, 1.165) is 37.8 Å². The van der Waals surface area contributed by atoms with Gasteiger partial charge in [0, 0.05) is 23.0 Å². The van der Waals surface area contributed by atoms with Crippen LogP contribution in [0, 0.1) is 6.92 Å². The molecule has 1 aliphatic carbocycles. The highest BCUT2D eigenvalue weighted by Crippen LogP contribution is 2.35. The van der Waals surface area contributed by atoms with Crippen molar-refractivity contribution in [1.82, 2.24) is 14.5 Å². The molecule has 4 nitrogen and oxygen atoms in total. The molecule has 0 unspecified atom stereocenters. The van der Waals surface area contributed by atoms with Gasteiger partial charge in [0.1, 0.15) is 11.5 Å². The first-order valence-electron chi connectivity index (χ1n) is 8.25. The average molecular weight is 347 g/mol. The Hall–Kier alpha value is -2.44. The van der Waals surface area contributed by atoms with Crippen molar-refractivity contribution in [2.45, 2.75) is 44.8 Å². The van der Waals surface area contributed by atoms with Crippen LogP contribution < -0.4 is 5.56 Å². The summed E-state index contributed by atoms with van der Waals surface area (Å²) in [5.74, 6) is 0.532.